The van der Waals surface area contributed by atoms with Gasteiger partial charge in [0.05, 0.1) is 12.2 Å². The Labute approximate surface area is 95.6 Å². The molecule has 0 saturated carbocycles. The van der Waals surface area contributed by atoms with Gasteiger partial charge in [0.1, 0.15) is 0 Å². The van der Waals surface area contributed by atoms with E-state index in [0.29, 0.717) is 12.2 Å². The van der Waals surface area contributed by atoms with Crippen LogP contribution in [-0.2, 0) is 4.74 Å². The topological polar surface area (TPSA) is 9.23 Å². The van der Waals surface area contributed by atoms with Gasteiger partial charge in [0.25, 0.3) is 0 Å². The van der Waals surface area contributed by atoms with Gasteiger partial charge < -0.3 is 4.74 Å². The van der Waals surface area contributed by atoms with Crippen molar-refractivity contribution in [1.82, 2.24) is 0 Å². The fourth-order valence-corrected chi connectivity index (χ4v) is 2.42. The van der Waals surface area contributed by atoms with E-state index < -0.39 is 0 Å². The Morgan fingerprint density at radius 3 is 2.60 bits per heavy atom. The molecule has 0 aromatic heterocycles. The highest BCUT2D eigenvalue weighted by molar-refractivity contribution is 4.71. The van der Waals surface area contributed by atoms with Crippen LogP contribution < -0.4 is 0 Å². The van der Waals surface area contributed by atoms with Crippen molar-refractivity contribution in [2.24, 2.45) is 5.92 Å². The fourth-order valence-electron chi connectivity index (χ4n) is 2.42. The maximum absolute atomic E-state index is 6.10. The van der Waals surface area contributed by atoms with Gasteiger partial charge in [-0.3, -0.25) is 0 Å². The second kappa shape index (κ2) is 7.27. The minimum Gasteiger partial charge on any atom is -0.375 e. The Morgan fingerprint density at radius 2 is 1.87 bits per heavy atom. The zero-order chi connectivity index (χ0) is 11.1. The molecule has 0 bridgehead atoms. The van der Waals surface area contributed by atoms with Crippen molar-refractivity contribution in [2.45, 2.75) is 84.3 Å². The smallest absolute Gasteiger partial charge is 0.0578 e. The van der Waals surface area contributed by atoms with Crippen LogP contribution in [0.1, 0.15) is 72.1 Å². The quantitative estimate of drug-likeness (QED) is 0.607. The lowest BCUT2D eigenvalue weighted by atomic mass is 9.99. The first-order valence-electron chi connectivity index (χ1n) is 6.89. The zero-order valence-electron chi connectivity index (χ0n) is 10.8. The molecule has 1 fully saturated rings. The first-order valence-corrected chi connectivity index (χ1v) is 6.89. The SMILES string of the molecule is CCCCCC[C@H]1CCC[C@H](C)[C@@H](C)O1. The number of unbranched alkanes of at least 4 members (excludes halogenated alkanes) is 3. The van der Waals surface area contributed by atoms with Crippen LogP contribution in [0, 0.1) is 5.92 Å². The van der Waals surface area contributed by atoms with E-state index in [1.54, 1.807) is 0 Å². The van der Waals surface area contributed by atoms with Gasteiger partial charge in [0, 0.05) is 0 Å². The van der Waals surface area contributed by atoms with E-state index in [4.69, 9.17) is 4.74 Å². The molecule has 0 aliphatic carbocycles. The number of ether oxygens (including phenoxy) is 1. The molecule has 1 rings (SSSR count). The van der Waals surface area contributed by atoms with E-state index in [0.717, 1.165) is 5.92 Å². The van der Waals surface area contributed by atoms with Crippen molar-refractivity contribution in [1.29, 1.82) is 0 Å². The Hall–Kier alpha value is -0.0400. The second-order valence-corrected chi connectivity index (χ2v) is 5.22. The van der Waals surface area contributed by atoms with Gasteiger partial charge in [0.2, 0.25) is 0 Å². The summed E-state index contributed by atoms with van der Waals surface area (Å²) in [6.07, 6.45) is 11.8. The zero-order valence-corrected chi connectivity index (χ0v) is 10.8. The van der Waals surface area contributed by atoms with Crippen molar-refractivity contribution in [3.05, 3.63) is 0 Å². The summed E-state index contributed by atoms with van der Waals surface area (Å²) in [5.74, 6) is 0.755. The van der Waals surface area contributed by atoms with E-state index in [1.165, 1.54) is 51.4 Å². The van der Waals surface area contributed by atoms with Crippen LogP contribution in [0.4, 0.5) is 0 Å². The Kier molecular flexibility index (Phi) is 6.31. The molecule has 0 radical (unpaired) electrons. The summed E-state index contributed by atoms with van der Waals surface area (Å²) in [5.41, 5.74) is 0. The monoisotopic (exact) mass is 212 g/mol. The Bertz CT molecular complexity index is 155. The number of rotatable bonds is 5. The molecule has 0 amide bonds. The summed E-state index contributed by atoms with van der Waals surface area (Å²) in [7, 11) is 0. The Morgan fingerprint density at radius 1 is 1.07 bits per heavy atom. The van der Waals surface area contributed by atoms with Crippen molar-refractivity contribution < 1.29 is 4.74 Å². The molecular weight excluding hydrogens is 184 g/mol. The molecule has 1 nitrogen and oxygen atoms in total. The lowest BCUT2D eigenvalue weighted by molar-refractivity contribution is -0.0223. The molecule has 0 aromatic carbocycles. The van der Waals surface area contributed by atoms with E-state index in [2.05, 4.69) is 20.8 Å². The highest BCUT2D eigenvalue weighted by Gasteiger charge is 2.22. The van der Waals surface area contributed by atoms with Crippen LogP contribution in [0.2, 0.25) is 0 Å². The predicted molar refractivity (Wildman–Crippen MR) is 66.1 cm³/mol. The maximum Gasteiger partial charge on any atom is 0.0578 e. The van der Waals surface area contributed by atoms with Crippen LogP contribution in [0.5, 0.6) is 0 Å². The van der Waals surface area contributed by atoms with Gasteiger partial charge in [-0.1, -0.05) is 46.0 Å². The van der Waals surface area contributed by atoms with Crippen LogP contribution in [0.15, 0.2) is 0 Å². The molecule has 1 heterocycles. The lowest BCUT2D eigenvalue weighted by Crippen LogP contribution is -2.21. The minimum atomic E-state index is 0.476. The molecule has 0 spiro atoms. The standard InChI is InChI=1S/C14H28O/c1-4-5-6-7-10-14-11-8-9-12(2)13(3)15-14/h12-14H,4-11H2,1-3H3/t12-,13+,14-/m0/s1. The molecule has 1 heteroatoms. The molecule has 1 aliphatic heterocycles. The van der Waals surface area contributed by atoms with Crippen molar-refractivity contribution in [2.75, 3.05) is 0 Å². The predicted octanol–water partition coefficient (Wildman–Crippen LogP) is 4.55. The molecule has 90 valence electrons. The minimum absolute atomic E-state index is 0.476. The maximum atomic E-state index is 6.10. The highest BCUT2D eigenvalue weighted by atomic mass is 16.5. The van der Waals surface area contributed by atoms with Crippen LogP contribution in [0.25, 0.3) is 0 Å². The Balaban J connectivity index is 2.17. The van der Waals surface area contributed by atoms with Crippen LogP contribution in [0.3, 0.4) is 0 Å². The fraction of sp³-hybridized carbons (Fsp3) is 1.00. The summed E-state index contributed by atoms with van der Waals surface area (Å²) in [5, 5.41) is 0. The van der Waals surface area contributed by atoms with E-state index in [9.17, 15) is 0 Å². The normalized spacial score (nSPS) is 32.6. The molecule has 0 aromatic rings. The van der Waals surface area contributed by atoms with Crippen LogP contribution in [-0.4, -0.2) is 12.2 Å². The number of hydrogen-bond acceptors (Lipinski definition) is 1. The third-order valence-electron chi connectivity index (χ3n) is 3.77. The van der Waals surface area contributed by atoms with Crippen LogP contribution >= 0.6 is 0 Å². The summed E-state index contributed by atoms with van der Waals surface area (Å²) < 4.78 is 6.10. The summed E-state index contributed by atoms with van der Waals surface area (Å²) in [6, 6.07) is 0. The summed E-state index contributed by atoms with van der Waals surface area (Å²) in [4.78, 5) is 0. The largest absolute Gasteiger partial charge is 0.375 e. The van der Waals surface area contributed by atoms with Gasteiger partial charge in [-0.2, -0.15) is 0 Å². The van der Waals surface area contributed by atoms with Crippen molar-refractivity contribution in [3.8, 4) is 0 Å². The van der Waals surface area contributed by atoms with Gasteiger partial charge in [-0.15, -0.1) is 0 Å². The third kappa shape index (κ3) is 5.01. The van der Waals surface area contributed by atoms with Gasteiger partial charge in [-0.05, 0) is 32.1 Å². The van der Waals surface area contributed by atoms with E-state index in [1.807, 2.05) is 0 Å². The molecular formula is C14H28O. The molecule has 3 atom stereocenters. The van der Waals surface area contributed by atoms with E-state index in [-0.39, 0.29) is 0 Å². The average Bonchev–Trinajstić information content (AvgIpc) is 2.37. The van der Waals surface area contributed by atoms with Crippen molar-refractivity contribution in [3.63, 3.8) is 0 Å². The molecule has 1 saturated heterocycles. The van der Waals surface area contributed by atoms with Crippen molar-refractivity contribution >= 4 is 0 Å². The first-order chi connectivity index (χ1) is 7.24. The molecule has 0 unspecified atom stereocenters. The highest BCUT2D eigenvalue weighted by Crippen LogP contribution is 2.25. The second-order valence-electron chi connectivity index (χ2n) is 5.22. The summed E-state index contributed by atoms with van der Waals surface area (Å²) >= 11 is 0. The first kappa shape index (κ1) is 13.0. The average molecular weight is 212 g/mol. The third-order valence-corrected chi connectivity index (χ3v) is 3.77. The summed E-state index contributed by atoms with van der Waals surface area (Å²) in [6.45, 7) is 6.84. The lowest BCUT2D eigenvalue weighted by Gasteiger charge is -2.21. The number of hydrogen-bond donors (Lipinski definition) is 0. The molecule has 0 N–H and O–H groups in total. The van der Waals surface area contributed by atoms with E-state index >= 15 is 0 Å². The van der Waals surface area contributed by atoms with Gasteiger partial charge >= 0.3 is 0 Å². The molecule has 1 aliphatic rings. The van der Waals surface area contributed by atoms with Gasteiger partial charge in [0.15, 0.2) is 0 Å². The molecule has 15 heavy (non-hydrogen) atoms. The van der Waals surface area contributed by atoms with Gasteiger partial charge in [-0.25, -0.2) is 0 Å².